The van der Waals surface area contributed by atoms with Crippen LogP contribution >= 0.6 is 46.6 Å². The van der Waals surface area contributed by atoms with Crippen LogP contribution in [0.4, 0.5) is 0 Å². The summed E-state index contributed by atoms with van der Waals surface area (Å²) in [5.41, 5.74) is 0.650. The predicted molar refractivity (Wildman–Crippen MR) is 131 cm³/mol. The van der Waals surface area contributed by atoms with E-state index in [1.54, 1.807) is 34.9 Å². The maximum atomic E-state index is 13.2. The van der Waals surface area contributed by atoms with Gasteiger partial charge >= 0.3 is 0 Å². The number of thioether (sulfide) groups is 1. The summed E-state index contributed by atoms with van der Waals surface area (Å²) < 4.78 is 0. The van der Waals surface area contributed by atoms with E-state index in [0.717, 1.165) is 10.6 Å². The lowest BCUT2D eigenvalue weighted by Crippen LogP contribution is -2.49. The highest BCUT2D eigenvalue weighted by molar-refractivity contribution is 7.99. The number of carbonyl (C=O) groups is 2. The van der Waals surface area contributed by atoms with Crippen LogP contribution in [0.25, 0.3) is 0 Å². The molecule has 1 N–H and O–H groups in total. The fraction of sp³-hybridized carbons (Fsp3) is 0.391. The van der Waals surface area contributed by atoms with Gasteiger partial charge in [-0.25, -0.2) is 0 Å². The molecule has 0 aliphatic rings. The first-order chi connectivity index (χ1) is 14.9. The monoisotopic (exact) mass is 500 g/mol. The van der Waals surface area contributed by atoms with Gasteiger partial charge in [0, 0.05) is 45.0 Å². The van der Waals surface area contributed by atoms with Crippen molar-refractivity contribution in [1.82, 2.24) is 10.2 Å². The number of carbonyl (C=O) groups excluding carboxylic acids is 2. The zero-order chi connectivity index (χ0) is 22.8. The van der Waals surface area contributed by atoms with E-state index in [0.29, 0.717) is 46.4 Å². The molecule has 168 valence electrons. The van der Waals surface area contributed by atoms with Crippen molar-refractivity contribution in [2.45, 2.75) is 50.6 Å². The van der Waals surface area contributed by atoms with E-state index in [2.05, 4.69) is 5.32 Å². The summed E-state index contributed by atoms with van der Waals surface area (Å²) in [6.45, 7) is 4.44. The zero-order valence-electron chi connectivity index (χ0n) is 17.7. The molecule has 0 saturated heterocycles. The van der Waals surface area contributed by atoms with Crippen molar-refractivity contribution >= 4 is 58.4 Å². The molecule has 0 aliphatic carbocycles. The van der Waals surface area contributed by atoms with Crippen LogP contribution in [-0.2, 0) is 16.1 Å². The first-order valence-electron chi connectivity index (χ1n) is 10.3. The Labute approximate surface area is 203 Å². The Balaban J connectivity index is 2.09. The van der Waals surface area contributed by atoms with Crippen LogP contribution in [0.1, 0.15) is 38.7 Å². The van der Waals surface area contributed by atoms with Crippen molar-refractivity contribution in [3.8, 4) is 0 Å². The third kappa shape index (κ3) is 7.90. The number of likely N-dealkylation sites (N-methyl/N-ethyl adjacent to an activating group) is 1. The summed E-state index contributed by atoms with van der Waals surface area (Å²) in [6.07, 6.45) is 1.52. The van der Waals surface area contributed by atoms with E-state index >= 15 is 0 Å². The van der Waals surface area contributed by atoms with Crippen LogP contribution in [0.2, 0.25) is 15.1 Å². The minimum absolute atomic E-state index is 0.0919. The SMILES string of the molecule is CCNC(=O)[C@@H](CC)N(Cc1c(Cl)cccc1Cl)C(=O)CCCSc1ccc(Cl)cc1. The Kier molecular flexibility index (Phi) is 11.0. The molecular weight excluding hydrogens is 475 g/mol. The highest BCUT2D eigenvalue weighted by atomic mass is 35.5. The quantitative estimate of drug-likeness (QED) is 0.284. The number of halogens is 3. The van der Waals surface area contributed by atoms with Gasteiger partial charge in [-0.2, -0.15) is 0 Å². The summed E-state index contributed by atoms with van der Waals surface area (Å²) in [6, 6.07) is 12.3. The Morgan fingerprint density at radius 1 is 1.03 bits per heavy atom. The highest BCUT2D eigenvalue weighted by Gasteiger charge is 2.29. The summed E-state index contributed by atoms with van der Waals surface area (Å²) >= 11 is 20.3. The average molecular weight is 502 g/mol. The molecule has 2 rings (SSSR count). The molecule has 8 heteroatoms. The maximum absolute atomic E-state index is 13.2. The molecule has 0 aliphatic heterocycles. The number of nitrogens with zero attached hydrogens (tertiary/aromatic N) is 1. The fourth-order valence-corrected chi connectivity index (χ4v) is 4.65. The fourth-order valence-electron chi connectivity index (χ4n) is 3.15. The van der Waals surface area contributed by atoms with Gasteiger partial charge in [0.1, 0.15) is 6.04 Å². The van der Waals surface area contributed by atoms with Crippen molar-refractivity contribution in [2.75, 3.05) is 12.3 Å². The molecule has 0 radical (unpaired) electrons. The second-order valence-electron chi connectivity index (χ2n) is 6.95. The van der Waals surface area contributed by atoms with Crippen molar-refractivity contribution < 1.29 is 9.59 Å². The molecule has 0 heterocycles. The second-order valence-corrected chi connectivity index (χ2v) is 9.37. The van der Waals surface area contributed by atoms with E-state index in [9.17, 15) is 9.59 Å². The molecule has 0 bridgehead atoms. The number of nitrogens with one attached hydrogen (secondary N) is 1. The lowest BCUT2D eigenvalue weighted by atomic mass is 10.1. The first-order valence-corrected chi connectivity index (χ1v) is 12.4. The van der Waals surface area contributed by atoms with Crippen molar-refractivity contribution in [3.63, 3.8) is 0 Å². The number of hydrogen-bond donors (Lipinski definition) is 1. The van der Waals surface area contributed by atoms with Gasteiger partial charge in [0.15, 0.2) is 0 Å². The number of hydrogen-bond acceptors (Lipinski definition) is 3. The molecule has 0 fully saturated rings. The smallest absolute Gasteiger partial charge is 0.242 e. The number of rotatable bonds is 11. The summed E-state index contributed by atoms with van der Waals surface area (Å²) in [4.78, 5) is 28.5. The second kappa shape index (κ2) is 13.2. The van der Waals surface area contributed by atoms with Gasteiger partial charge < -0.3 is 10.2 Å². The Hall–Kier alpha value is -1.40. The van der Waals surface area contributed by atoms with Crippen LogP contribution in [-0.4, -0.2) is 35.1 Å². The number of benzene rings is 2. The molecule has 2 aromatic carbocycles. The van der Waals surface area contributed by atoms with E-state index in [1.807, 2.05) is 38.1 Å². The molecule has 0 aromatic heterocycles. The van der Waals surface area contributed by atoms with Crippen LogP contribution < -0.4 is 5.32 Å². The largest absolute Gasteiger partial charge is 0.355 e. The van der Waals surface area contributed by atoms with Gasteiger partial charge in [-0.15, -0.1) is 11.8 Å². The van der Waals surface area contributed by atoms with E-state index in [-0.39, 0.29) is 18.4 Å². The van der Waals surface area contributed by atoms with Crippen LogP contribution in [0, 0.1) is 0 Å². The van der Waals surface area contributed by atoms with E-state index < -0.39 is 6.04 Å². The van der Waals surface area contributed by atoms with Gasteiger partial charge in [0.2, 0.25) is 11.8 Å². The molecule has 1 atom stereocenters. The average Bonchev–Trinajstić information content (AvgIpc) is 2.74. The molecule has 0 saturated carbocycles. The Bertz CT molecular complexity index is 857. The van der Waals surface area contributed by atoms with Crippen LogP contribution in [0.5, 0.6) is 0 Å². The van der Waals surface area contributed by atoms with E-state index in [4.69, 9.17) is 34.8 Å². The molecule has 2 aromatic rings. The minimum Gasteiger partial charge on any atom is -0.355 e. The Morgan fingerprint density at radius 2 is 1.68 bits per heavy atom. The third-order valence-electron chi connectivity index (χ3n) is 4.74. The van der Waals surface area contributed by atoms with Crippen LogP contribution in [0.3, 0.4) is 0 Å². The van der Waals surface area contributed by atoms with Gasteiger partial charge in [0.05, 0.1) is 0 Å². The summed E-state index contributed by atoms with van der Waals surface area (Å²) in [5, 5.41) is 4.49. The Morgan fingerprint density at radius 3 is 2.26 bits per heavy atom. The van der Waals surface area contributed by atoms with Crippen molar-refractivity contribution in [3.05, 3.63) is 63.1 Å². The van der Waals surface area contributed by atoms with Crippen molar-refractivity contribution in [2.24, 2.45) is 0 Å². The molecule has 0 unspecified atom stereocenters. The van der Waals surface area contributed by atoms with E-state index in [1.165, 1.54) is 0 Å². The molecule has 4 nitrogen and oxygen atoms in total. The first kappa shape index (κ1) is 25.9. The standard InChI is InChI=1S/C23H27Cl3N2O2S/c1-3-21(23(30)27-4-2)28(15-18-19(25)7-5-8-20(18)26)22(29)9-6-14-31-17-12-10-16(24)11-13-17/h5,7-8,10-13,21H,3-4,6,9,14-15H2,1-2H3,(H,27,30)/t21-/m1/s1. The molecule has 31 heavy (non-hydrogen) atoms. The van der Waals surface area contributed by atoms with Gasteiger partial charge in [-0.3, -0.25) is 9.59 Å². The topological polar surface area (TPSA) is 49.4 Å². The summed E-state index contributed by atoms with van der Waals surface area (Å²) in [7, 11) is 0. The highest BCUT2D eigenvalue weighted by Crippen LogP contribution is 2.28. The molecule has 0 spiro atoms. The van der Waals surface area contributed by atoms with Gasteiger partial charge in [-0.05, 0) is 61.9 Å². The van der Waals surface area contributed by atoms with Crippen molar-refractivity contribution in [1.29, 1.82) is 0 Å². The normalized spacial score (nSPS) is 11.8. The lowest BCUT2D eigenvalue weighted by molar-refractivity contribution is -0.141. The molecular formula is C23H27Cl3N2O2S. The minimum atomic E-state index is -0.580. The lowest BCUT2D eigenvalue weighted by Gasteiger charge is -2.31. The third-order valence-corrected chi connectivity index (χ3v) is 6.80. The van der Waals surface area contributed by atoms with Crippen LogP contribution in [0.15, 0.2) is 47.4 Å². The molecule has 2 amide bonds. The number of amides is 2. The van der Waals surface area contributed by atoms with Gasteiger partial charge in [0.25, 0.3) is 0 Å². The predicted octanol–water partition coefficient (Wildman–Crippen LogP) is 6.46. The zero-order valence-corrected chi connectivity index (χ0v) is 20.8. The van der Waals surface area contributed by atoms with Gasteiger partial charge in [-0.1, -0.05) is 47.8 Å². The summed E-state index contributed by atoms with van der Waals surface area (Å²) in [5.74, 6) is 0.522. The maximum Gasteiger partial charge on any atom is 0.242 e.